The summed E-state index contributed by atoms with van der Waals surface area (Å²) in [6, 6.07) is 8.25. The Morgan fingerprint density at radius 2 is 2.15 bits per heavy atom. The number of carbonyl (C=O) groups excluding carboxylic acids is 1. The maximum Gasteiger partial charge on any atom is 0.234 e. The number of aromatic nitrogens is 1. The van der Waals surface area contributed by atoms with E-state index in [1.807, 2.05) is 0 Å². The van der Waals surface area contributed by atoms with E-state index in [2.05, 4.69) is 26.2 Å². The van der Waals surface area contributed by atoms with Gasteiger partial charge in [-0.25, -0.2) is 9.37 Å². The molecule has 1 aromatic heterocycles. The van der Waals surface area contributed by atoms with Crippen molar-refractivity contribution >= 4 is 38.6 Å². The van der Waals surface area contributed by atoms with E-state index in [0.29, 0.717) is 26.8 Å². The van der Waals surface area contributed by atoms with Crippen molar-refractivity contribution in [2.75, 3.05) is 5.32 Å². The van der Waals surface area contributed by atoms with Crippen molar-refractivity contribution in [2.45, 2.75) is 12.5 Å². The van der Waals surface area contributed by atoms with Gasteiger partial charge in [-0.05, 0) is 52.3 Å². The van der Waals surface area contributed by atoms with Crippen LogP contribution in [0.4, 0.5) is 10.1 Å². The summed E-state index contributed by atoms with van der Waals surface area (Å²) >= 11 is 3.33. The van der Waals surface area contributed by atoms with Crippen LogP contribution in [-0.4, -0.2) is 21.9 Å². The molecule has 3 aromatic rings. The lowest BCUT2D eigenvalue weighted by atomic mass is 10.2. The van der Waals surface area contributed by atoms with Gasteiger partial charge in [0.15, 0.2) is 5.58 Å². The molecule has 2 aromatic carbocycles. The van der Waals surface area contributed by atoms with Crippen molar-refractivity contribution in [1.29, 1.82) is 0 Å². The molecular formula is C17H11BrFN3O4. The molecule has 1 N–H and O–H groups in total. The van der Waals surface area contributed by atoms with Gasteiger partial charge in [-0.2, -0.15) is 0 Å². The number of halogens is 2. The van der Waals surface area contributed by atoms with E-state index in [9.17, 15) is 19.3 Å². The normalized spacial score (nSPS) is 18.7. The molecule has 2 unspecified atom stereocenters. The zero-order valence-electron chi connectivity index (χ0n) is 13.1. The fraction of sp³-hybridized carbons (Fsp3) is 0.176. The van der Waals surface area contributed by atoms with E-state index >= 15 is 0 Å². The second-order valence-electron chi connectivity index (χ2n) is 6.01. The van der Waals surface area contributed by atoms with Gasteiger partial charge in [0.2, 0.25) is 17.8 Å². The van der Waals surface area contributed by atoms with Gasteiger partial charge in [-0.3, -0.25) is 14.9 Å². The number of fused-ring (bicyclic) bond motifs is 1. The number of amides is 1. The summed E-state index contributed by atoms with van der Waals surface area (Å²) in [6.45, 7) is 0. The number of oxazole rings is 1. The van der Waals surface area contributed by atoms with Gasteiger partial charge < -0.3 is 9.73 Å². The maximum atomic E-state index is 13.5. The van der Waals surface area contributed by atoms with Crippen LogP contribution in [0.2, 0.25) is 0 Å². The number of benzene rings is 2. The van der Waals surface area contributed by atoms with Crippen LogP contribution in [0.15, 0.2) is 45.3 Å². The first kappa shape index (κ1) is 16.6. The lowest BCUT2D eigenvalue weighted by molar-refractivity contribution is -0.497. The smallest absolute Gasteiger partial charge is 0.234 e. The van der Waals surface area contributed by atoms with Crippen LogP contribution < -0.4 is 5.32 Å². The van der Waals surface area contributed by atoms with Gasteiger partial charge >= 0.3 is 0 Å². The minimum Gasteiger partial charge on any atom is -0.436 e. The van der Waals surface area contributed by atoms with Crippen LogP contribution in [0.25, 0.3) is 22.6 Å². The fourth-order valence-electron chi connectivity index (χ4n) is 2.71. The van der Waals surface area contributed by atoms with E-state index in [1.54, 1.807) is 24.3 Å². The second kappa shape index (κ2) is 6.17. The van der Waals surface area contributed by atoms with Gasteiger partial charge in [0, 0.05) is 21.5 Å². The van der Waals surface area contributed by atoms with Crippen LogP contribution >= 0.6 is 15.9 Å². The lowest BCUT2D eigenvalue weighted by Crippen LogP contribution is -2.18. The zero-order chi connectivity index (χ0) is 18.4. The highest BCUT2D eigenvalue weighted by atomic mass is 79.9. The van der Waals surface area contributed by atoms with Crippen molar-refractivity contribution in [1.82, 2.24) is 4.98 Å². The molecule has 1 heterocycles. The number of nitrogens with one attached hydrogen (secondary N) is 1. The SMILES string of the molecule is O=C(Nc1ccc2oc(-c3cc(F)ccc3Br)nc2c1)C1CC1[N+](=O)[O-]. The predicted octanol–water partition coefficient (Wildman–Crippen LogP) is 4.00. The summed E-state index contributed by atoms with van der Waals surface area (Å²) < 4.78 is 19.8. The molecule has 0 aliphatic heterocycles. The maximum absolute atomic E-state index is 13.5. The van der Waals surface area contributed by atoms with Gasteiger partial charge in [0.05, 0.1) is 5.56 Å². The number of hydrogen-bond acceptors (Lipinski definition) is 5. The number of anilines is 1. The first-order valence-corrected chi connectivity index (χ1v) is 8.52. The predicted molar refractivity (Wildman–Crippen MR) is 94.6 cm³/mol. The zero-order valence-corrected chi connectivity index (χ0v) is 14.7. The molecule has 132 valence electrons. The molecule has 1 amide bonds. The molecule has 26 heavy (non-hydrogen) atoms. The van der Waals surface area contributed by atoms with Gasteiger partial charge in [-0.1, -0.05) is 0 Å². The van der Waals surface area contributed by atoms with Gasteiger partial charge in [0.25, 0.3) is 0 Å². The van der Waals surface area contributed by atoms with E-state index < -0.39 is 22.7 Å². The number of nitrogens with zero attached hydrogens (tertiary/aromatic N) is 2. The molecule has 9 heteroatoms. The summed E-state index contributed by atoms with van der Waals surface area (Å²) in [4.78, 5) is 26.6. The summed E-state index contributed by atoms with van der Waals surface area (Å²) in [5.41, 5.74) is 1.90. The Morgan fingerprint density at radius 1 is 1.35 bits per heavy atom. The van der Waals surface area contributed by atoms with Crippen molar-refractivity contribution in [2.24, 2.45) is 5.92 Å². The third-order valence-corrected chi connectivity index (χ3v) is 4.87. The summed E-state index contributed by atoms with van der Waals surface area (Å²) in [5.74, 6) is -1.16. The Morgan fingerprint density at radius 3 is 2.88 bits per heavy atom. The Bertz CT molecular complexity index is 1050. The number of rotatable bonds is 4. The highest BCUT2D eigenvalue weighted by molar-refractivity contribution is 9.10. The first-order chi connectivity index (χ1) is 12.4. The molecule has 2 atom stereocenters. The topological polar surface area (TPSA) is 98.3 Å². The van der Waals surface area contributed by atoms with Crippen molar-refractivity contribution in [3.8, 4) is 11.5 Å². The van der Waals surface area contributed by atoms with Crippen LogP contribution in [0, 0.1) is 21.8 Å². The molecule has 1 aliphatic rings. The molecule has 0 saturated heterocycles. The third-order valence-electron chi connectivity index (χ3n) is 4.18. The van der Waals surface area contributed by atoms with Gasteiger partial charge in [0.1, 0.15) is 17.3 Å². The van der Waals surface area contributed by atoms with Crippen molar-refractivity contribution in [3.05, 3.63) is 56.8 Å². The second-order valence-corrected chi connectivity index (χ2v) is 6.86. The molecule has 1 aliphatic carbocycles. The number of hydrogen-bond donors (Lipinski definition) is 1. The van der Waals surface area contributed by atoms with Crippen molar-refractivity contribution in [3.63, 3.8) is 0 Å². The molecule has 4 rings (SSSR count). The summed E-state index contributed by atoms with van der Waals surface area (Å²) in [7, 11) is 0. The first-order valence-electron chi connectivity index (χ1n) is 7.73. The minimum atomic E-state index is -0.803. The van der Waals surface area contributed by atoms with Crippen LogP contribution in [-0.2, 0) is 4.79 Å². The summed E-state index contributed by atoms with van der Waals surface area (Å²) in [6.07, 6.45) is 0.253. The van der Waals surface area contributed by atoms with Crippen LogP contribution in [0.5, 0.6) is 0 Å². The van der Waals surface area contributed by atoms with Gasteiger partial charge in [-0.15, -0.1) is 0 Å². The Hall–Kier alpha value is -2.81. The average molecular weight is 420 g/mol. The highest BCUT2D eigenvalue weighted by Gasteiger charge is 2.53. The molecule has 0 spiro atoms. The molecule has 0 radical (unpaired) electrons. The molecule has 1 fully saturated rings. The third kappa shape index (κ3) is 3.05. The quantitative estimate of drug-likeness (QED) is 0.508. The van der Waals surface area contributed by atoms with E-state index in [1.165, 1.54) is 12.1 Å². The van der Waals surface area contributed by atoms with Crippen molar-refractivity contribution < 1.29 is 18.5 Å². The van der Waals surface area contributed by atoms with Crippen LogP contribution in [0.3, 0.4) is 0 Å². The molecule has 0 bridgehead atoms. The largest absolute Gasteiger partial charge is 0.436 e. The Balaban J connectivity index is 1.59. The van der Waals surface area contributed by atoms with E-state index in [0.717, 1.165) is 0 Å². The fourth-order valence-corrected chi connectivity index (χ4v) is 3.13. The minimum absolute atomic E-state index is 0.241. The Kier molecular flexibility index (Phi) is 3.95. The lowest BCUT2D eigenvalue weighted by Gasteiger charge is -2.02. The monoisotopic (exact) mass is 419 g/mol. The number of carbonyl (C=O) groups is 1. The average Bonchev–Trinajstić information content (AvgIpc) is 3.30. The number of nitro groups is 1. The van der Waals surface area contributed by atoms with E-state index in [4.69, 9.17) is 4.42 Å². The van der Waals surface area contributed by atoms with Crippen LogP contribution in [0.1, 0.15) is 6.42 Å². The molecule has 1 saturated carbocycles. The molecular weight excluding hydrogens is 409 g/mol. The highest BCUT2D eigenvalue weighted by Crippen LogP contribution is 2.35. The van der Waals surface area contributed by atoms with E-state index in [-0.39, 0.29) is 18.2 Å². The Labute approximate surface area is 154 Å². The standard InChI is InChI=1S/C17H11BrFN3O4/c18-12-3-1-8(19)5-10(12)17-21-13-6-9(2-4-15(13)26-17)20-16(23)11-7-14(11)22(24)25/h1-6,11,14H,7H2,(H,20,23). The molecule has 7 nitrogen and oxygen atoms in total. The summed E-state index contributed by atoms with van der Waals surface area (Å²) in [5, 5.41) is 13.3.